The molecule has 8 heteroatoms. The number of nitrogens with one attached hydrogen (secondary N) is 2. The highest BCUT2D eigenvalue weighted by Crippen LogP contribution is 2.29. The SMILES string of the molecule is Cc1cccc(C(C)C)c1Nc1nncc(NC2CCS(=O)(=O)C2)n1. The molecule has 1 aliphatic rings. The monoisotopic (exact) mass is 361 g/mol. The summed E-state index contributed by atoms with van der Waals surface area (Å²) in [5.41, 5.74) is 3.28. The molecule has 0 radical (unpaired) electrons. The van der Waals surface area contributed by atoms with Crippen molar-refractivity contribution in [1.29, 1.82) is 0 Å². The Morgan fingerprint density at radius 1 is 1.28 bits per heavy atom. The van der Waals surface area contributed by atoms with Crippen molar-refractivity contribution in [1.82, 2.24) is 15.2 Å². The van der Waals surface area contributed by atoms with E-state index >= 15 is 0 Å². The van der Waals surface area contributed by atoms with Gasteiger partial charge in [-0.25, -0.2) is 8.42 Å². The van der Waals surface area contributed by atoms with Crippen LogP contribution < -0.4 is 10.6 Å². The molecule has 0 saturated carbocycles. The maximum atomic E-state index is 11.6. The molecular weight excluding hydrogens is 338 g/mol. The molecule has 1 aromatic heterocycles. The Kier molecular flexibility index (Phi) is 4.89. The summed E-state index contributed by atoms with van der Waals surface area (Å²) < 4.78 is 23.2. The lowest BCUT2D eigenvalue weighted by atomic mass is 9.98. The fourth-order valence-electron chi connectivity index (χ4n) is 3.00. The standard InChI is InChI=1S/C17H23N5O2S/c1-11(2)14-6-4-5-12(3)16(14)21-17-20-15(9-18-22-17)19-13-7-8-25(23,24)10-13/h4-6,9,11,13H,7-8,10H2,1-3H3,(H2,19,20,21,22). The molecule has 134 valence electrons. The van der Waals surface area contributed by atoms with Crippen LogP contribution in [0.2, 0.25) is 0 Å². The Labute approximate surface area is 148 Å². The number of hydrogen-bond acceptors (Lipinski definition) is 7. The maximum absolute atomic E-state index is 11.6. The average molecular weight is 361 g/mol. The van der Waals surface area contributed by atoms with Crippen molar-refractivity contribution in [3.05, 3.63) is 35.5 Å². The second-order valence-corrected chi connectivity index (χ2v) is 8.96. The minimum atomic E-state index is -2.94. The zero-order chi connectivity index (χ0) is 18.0. The van der Waals surface area contributed by atoms with Gasteiger partial charge in [0.05, 0.1) is 17.7 Å². The largest absolute Gasteiger partial charge is 0.365 e. The van der Waals surface area contributed by atoms with Crippen LogP contribution in [0.25, 0.3) is 0 Å². The summed E-state index contributed by atoms with van der Waals surface area (Å²) in [6.07, 6.45) is 2.10. The Morgan fingerprint density at radius 3 is 2.76 bits per heavy atom. The number of hydrogen-bond donors (Lipinski definition) is 2. The van der Waals surface area contributed by atoms with Gasteiger partial charge in [0.15, 0.2) is 15.7 Å². The number of aromatic nitrogens is 3. The van der Waals surface area contributed by atoms with Gasteiger partial charge in [-0.2, -0.15) is 10.1 Å². The predicted octanol–water partition coefficient (Wildman–Crippen LogP) is 2.65. The molecule has 0 bridgehead atoms. The van der Waals surface area contributed by atoms with E-state index in [9.17, 15) is 8.42 Å². The Hall–Kier alpha value is -2.22. The van der Waals surface area contributed by atoms with E-state index in [-0.39, 0.29) is 17.5 Å². The number of nitrogens with zero attached hydrogens (tertiary/aromatic N) is 3. The third-order valence-electron chi connectivity index (χ3n) is 4.31. The van der Waals surface area contributed by atoms with Crippen molar-refractivity contribution in [3.63, 3.8) is 0 Å². The fourth-order valence-corrected chi connectivity index (χ4v) is 4.67. The van der Waals surface area contributed by atoms with E-state index < -0.39 is 9.84 Å². The summed E-state index contributed by atoms with van der Waals surface area (Å²) in [5, 5.41) is 14.4. The van der Waals surface area contributed by atoms with Crippen molar-refractivity contribution < 1.29 is 8.42 Å². The maximum Gasteiger partial charge on any atom is 0.249 e. The highest BCUT2D eigenvalue weighted by Gasteiger charge is 2.28. The van der Waals surface area contributed by atoms with Crippen LogP contribution in [0.15, 0.2) is 24.4 Å². The minimum absolute atomic E-state index is 0.126. The normalized spacial score (nSPS) is 19.1. The van der Waals surface area contributed by atoms with Crippen LogP contribution in [0.3, 0.4) is 0 Å². The molecule has 2 heterocycles. The first-order chi connectivity index (χ1) is 11.8. The molecule has 1 atom stereocenters. The summed E-state index contributed by atoms with van der Waals surface area (Å²) in [7, 11) is -2.94. The average Bonchev–Trinajstić information content (AvgIpc) is 2.88. The second-order valence-electron chi connectivity index (χ2n) is 6.73. The van der Waals surface area contributed by atoms with Gasteiger partial charge in [0.1, 0.15) is 0 Å². The highest BCUT2D eigenvalue weighted by atomic mass is 32.2. The summed E-state index contributed by atoms with van der Waals surface area (Å²) in [5.74, 6) is 1.63. The van der Waals surface area contributed by atoms with Crippen molar-refractivity contribution in [2.45, 2.75) is 39.2 Å². The quantitative estimate of drug-likeness (QED) is 0.845. The first-order valence-corrected chi connectivity index (χ1v) is 10.2. The number of benzene rings is 1. The molecule has 25 heavy (non-hydrogen) atoms. The molecular formula is C17H23N5O2S. The van der Waals surface area contributed by atoms with Gasteiger partial charge in [0, 0.05) is 11.7 Å². The van der Waals surface area contributed by atoms with E-state index in [1.165, 1.54) is 11.8 Å². The molecule has 1 saturated heterocycles. The third-order valence-corrected chi connectivity index (χ3v) is 6.08. The van der Waals surface area contributed by atoms with Crippen LogP contribution in [0.5, 0.6) is 0 Å². The van der Waals surface area contributed by atoms with Gasteiger partial charge >= 0.3 is 0 Å². The molecule has 1 fully saturated rings. The Bertz CT molecular complexity index is 867. The van der Waals surface area contributed by atoms with Crippen molar-refractivity contribution >= 4 is 27.3 Å². The molecule has 0 aliphatic carbocycles. The van der Waals surface area contributed by atoms with E-state index in [0.717, 1.165) is 11.3 Å². The van der Waals surface area contributed by atoms with Crippen molar-refractivity contribution in [2.75, 3.05) is 22.1 Å². The van der Waals surface area contributed by atoms with Crippen molar-refractivity contribution in [3.8, 4) is 0 Å². The van der Waals surface area contributed by atoms with Crippen molar-refractivity contribution in [2.24, 2.45) is 0 Å². The molecule has 0 amide bonds. The van der Waals surface area contributed by atoms with E-state index in [1.54, 1.807) is 0 Å². The van der Waals surface area contributed by atoms with Crippen LogP contribution in [-0.2, 0) is 9.84 Å². The van der Waals surface area contributed by atoms with E-state index in [4.69, 9.17) is 0 Å². The van der Waals surface area contributed by atoms with Crippen LogP contribution in [0, 0.1) is 6.92 Å². The molecule has 3 rings (SSSR count). The summed E-state index contributed by atoms with van der Waals surface area (Å²) >= 11 is 0. The third kappa shape index (κ3) is 4.25. The van der Waals surface area contributed by atoms with Gasteiger partial charge in [-0.05, 0) is 30.4 Å². The van der Waals surface area contributed by atoms with Crippen LogP contribution >= 0.6 is 0 Å². The zero-order valence-corrected chi connectivity index (χ0v) is 15.5. The predicted molar refractivity (Wildman–Crippen MR) is 99.1 cm³/mol. The molecule has 1 aromatic carbocycles. The van der Waals surface area contributed by atoms with Crippen LogP contribution in [-0.4, -0.2) is 41.1 Å². The molecule has 1 unspecified atom stereocenters. The number of para-hydroxylation sites is 1. The summed E-state index contributed by atoms with van der Waals surface area (Å²) in [4.78, 5) is 4.43. The zero-order valence-electron chi connectivity index (χ0n) is 14.7. The first kappa shape index (κ1) is 17.6. The van der Waals surface area contributed by atoms with Gasteiger partial charge < -0.3 is 10.6 Å². The van der Waals surface area contributed by atoms with Gasteiger partial charge in [-0.15, -0.1) is 5.10 Å². The second kappa shape index (κ2) is 6.95. The topological polar surface area (TPSA) is 96.9 Å². The molecule has 0 spiro atoms. The minimum Gasteiger partial charge on any atom is -0.365 e. The summed E-state index contributed by atoms with van der Waals surface area (Å²) in [6.45, 7) is 6.31. The number of aryl methyl sites for hydroxylation is 1. The van der Waals surface area contributed by atoms with Crippen LogP contribution in [0.1, 0.15) is 37.3 Å². The molecule has 2 N–H and O–H groups in total. The number of rotatable bonds is 5. The van der Waals surface area contributed by atoms with Gasteiger partial charge in [0.25, 0.3) is 0 Å². The Morgan fingerprint density at radius 2 is 2.08 bits per heavy atom. The number of sulfone groups is 1. The van der Waals surface area contributed by atoms with Gasteiger partial charge in [-0.1, -0.05) is 32.0 Å². The molecule has 2 aromatic rings. The van der Waals surface area contributed by atoms with Gasteiger partial charge in [0.2, 0.25) is 5.95 Å². The number of anilines is 3. The molecule has 7 nitrogen and oxygen atoms in total. The van der Waals surface area contributed by atoms with E-state index in [0.29, 0.717) is 24.1 Å². The Balaban J connectivity index is 1.79. The lowest BCUT2D eigenvalue weighted by molar-refractivity contribution is 0.602. The lowest BCUT2D eigenvalue weighted by Crippen LogP contribution is -2.21. The van der Waals surface area contributed by atoms with E-state index in [1.807, 2.05) is 19.1 Å². The van der Waals surface area contributed by atoms with E-state index in [2.05, 4.69) is 45.7 Å². The first-order valence-electron chi connectivity index (χ1n) is 8.37. The highest BCUT2D eigenvalue weighted by molar-refractivity contribution is 7.91. The summed E-state index contributed by atoms with van der Waals surface area (Å²) in [6, 6.07) is 6.03. The van der Waals surface area contributed by atoms with Gasteiger partial charge in [-0.3, -0.25) is 0 Å². The lowest BCUT2D eigenvalue weighted by Gasteiger charge is -2.17. The smallest absolute Gasteiger partial charge is 0.249 e. The fraction of sp³-hybridized carbons (Fsp3) is 0.471. The van der Waals surface area contributed by atoms with Crippen LogP contribution in [0.4, 0.5) is 17.5 Å². The molecule has 1 aliphatic heterocycles.